The molecule has 2 aromatic rings. The number of pyridine rings is 1. The molecule has 0 bridgehead atoms. The molecule has 1 N–H and O–H groups in total. The minimum Gasteiger partial charge on any atom is -0.465 e. The van der Waals surface area contributed by atoms with E-state index in [1.54, 1.807) is 49.0 Å². The molecule has 0 aliphatic carbocycles. The summed E-state index contributed by atoms with van der Waals surface area (Å²) in [6, 6.07) is 6.99. The molecule has 3 heterocycles. The van der Waals surface area contributed by atoms with Gasteiger partial charge in [0.1, 0.15) is 5.76 Å². The van der Waals surface area contributed by atoms with Crippen LogP contribution in [0.5, 0.6) is 0 Å². The van der Waals surface area contributed by atoms with E-state index < -0.39 is 0 Å². The first-order valence-corrected chi connectivity index (χ1v) is 8.41. The zero-order chi connectivity index (χ0) is 17.5. The third kappa shape index (κ3) is 4.79. The molecule has 1 aliphatic rings. The van der Waals surface area contributed by atoms with Gasteiger partial charge in [0.25, 0.3) is 5.91 Å². The van der Waals surface area contributed by atoms with Gasteiger partial charge in [-0.1, -0.05) is 0 Å². The Hall–Kier alpha value is -2.89. The Balaban J connectivity index is 1.41. The second-order valence-corrected chi connectivity index (χ2v) is 6.06. The molecular formula is C19H21N3O3. The lowest BCUT2D eigenvalue weighted by Gasteiger charge is -2.31. The summed E-state index contributed by atoms with van der Waals surface area (Å²) >= 11 is 0. The van der Waals surface area contributed by atoms with Crippen LogP contribution in [0.2, 0.25) is 0 Å². The molecule has 0 radical (unpaired) electrons. The minimum atomic E-state index is -0.0812. The highest BCUT2D eigenvalue weighted by Gasteiger charge is 2.22. The molecule has 6 heteroatoms. The van der Waals surface area contributed by atoms with Crippen LogP contribution < -0.4 is 5.32 Å². The van der Waals surface area contributed by atoms with Crippen LogP contribution in [0.15, 0.2) is 53.4 Å². The van der Waals surface area contributed by atoms with Crippen molar-refractivity contribution in [2.45, 2.75) is 12.8 Å². The SMILES string of the molecule is O=C(NCC1CCN(C(=O)/C=C/c2ccco2)CC1)c1ccncc1. The summed E-state index contributed by atoms with van der Waals surface area (Å²) in [5.41, 5.74) is 0.616. The van der Waals surface area contributed by atoms with Crippen molar-refractivity contribution in [2.24, 2.45) is 5.92 Å². The summed E-state index contributed by atoms with van der Waals surface area (Å²) in [5.74, 6) is 0.976. The van der Waals surface area contributed by atoms with Crippen molar-refractivity contribution >= 4 is 17.9 Å². The molecule has 0 atom stereocenters. The van der Waals surface area contributed by atoms with E-state index in [1.165, 1.54) is 0 Å². The van der Waals surface area contributed by atoms with Crippen molar-refractivity contribution in [1.82, 2.24) is 15.2 Å². The van der Waals surface area contributed by atoms with Gasteiger partial charge in [0.05, 0.1) is 6.26 Å². The molecule has 2 amide bonds. The molecule has 3 rings (SSSR count). The fourth-order valence-corrected chi connectivity index (χ4v) is 2.84. The monoisotopic (exact) mass is 339 g/mol. The van der Waals surface area contributed by atoms with Crippen molar-refractivity contribution in [3.63, 3.8) is 0 Å². The summed E-state index contributed by atoms with van der Waals surface area (Å²) < 4.78 is 5.18. The number of amides is 2. The molecule has 0 unspecified atom stereocenters. The quantitative estimate of drug-likeness (QED) is 0.849. The van der Waals surface area contributed by atoms with Gasteiger partial charge in [-0.25, -0.2) is 0 Å². The lowest BCUT2D eigenvalue weighted by atomic mass is 9.96. The number of furan rings is 1. The van der Waals surface area contributed by atoms with Gasteiger partial charge in [-0.2, -0.15) is 0 Å². The number of carbonyl (C=O) groups excluding carboxylic acids is 2. The van der Waals surface area contributed by atoms with E-state index in [2.05, 4.69) is 10.3 Å². The van der Waals surface area contributed by atoms with Gasteiger partial charge in [0.15, 0.2) is 0 Å². The summed E-state index contributed by atoms with van der Waals surface area (Å²) in [6.07, 6.45) is 9.79. The third-order valence-electron chi connectivity index (χ3n) is 4.35. The Morgan fingerprint density at radius 3 is 2.68 bits per heavy atom. The van der Waals surface area contributed by atoms with Crippen molar-refractivity contribution in [3.05, 3.63) is 60.3 Å². The number of rotatable bonds is 5. The van der Waals surface area contributed by atoms with Gasteiger partial charge in [-0.3, -0.25) is 14.6 Å². The molecule has 1 aliphatic heterocycles. The van der Waals surface area contributed by atoms with Gasteiger partial charge < -0.3 is 14.6 Å². The summed E-state index contributed by atoms with van der Waals surface area (Å²) in [5, 5.41) is 2.96. The maximum atomic E-state index is 12.2. The van der Waals surface area contributed by atoms with Crippen LogP contribution >= 0.6 is 0 Å². The molecule has 1 fully saturated rings. The number of hydrogen-bond acceptors (Lipinski definition) is 4. The smallest absolute Gasteiger partial charge is 0.251 e. The standard InChI is InChI=1S/C19H21N3O3/c23-18(4-3-17-2-1-13-25-17)22-11-7-15(8-12-22)14-21-19(24)16-5-9-20-10-6-16/h1-6,9-10,13,15H,7-8,11-12,14H2,(H,21,24)/b4-3+. The molecule has 0 aromatic carbocycles. The van der Waals surface area contributed by atoms with Crippen molar-refractivity contribution in [3.8, 4) is 0 Å². The maximum absolute atomic E-state index is 12.2. The van der Waals surface area contributed by atoms with Crippen LogP contribution in [0.3, 0.4) is 0 Å². The molecule has 25 heavy (non-hydrogen) atoms. The number of carbonyl (C=O) groups is 2. The Labute approximate surface area is 146 Å². The zero-order valence-corrected chi connectivity index (χ0v) is 13.9. The first kappa shape index (κ1) is 17.0. The molecule has 1 saturated heterocycles. The maximum Gasteiger partial charge on any atom is 0.251 e. The van der Waals surface area contributed by atoms with Crippen LogP contribution in [-0.4, -0.2) is 41.3 Å². The van der Waals surface area contributed by atoms with Crippen LogP contribution in [0, 0.1) is 5.92 Å². The largest absolute Gasteiger partial charge is 0.465 e. The molecule has 0 saturated carbocycles. The number of hydrogen-bond donors (Lipinski definition) is 1. The van der Waals surface area contributed by atoms with Gasteiger partial charge in [-0.15, -0.1) is 0 Å². The second-order valence-electron chi connectivity index (χ2n) is 6.06. The van der Waals surface area contributed by atoms with E-state index >= 15 is 0 Å². The first-order chi connectivity index (χ1) is 12.2. The molecule has 130 valence electrons. The van der Waals surface area contributed by atoms with E-state index in [1.807, 2.05) is 11.0 Å². The van der Waals surface area contributed by atoms with Crippen molar-refractivity contribution < 1.29 is 14.0 Å². The van der Waals surface area contributed by atoms with Gasteiger partial charge in [0, 0.05) is 43.7 Å². The number of nitrogens with one attached hydrogen (secondary N) is 1. The van der Waals surface area contributed by atoms with E-state index in [9.17, 15) is 9.59 Å². The second kappa shape index (κ2) is 8.28. The van der Waals surface area contributed by atoms with E-state index in [0.29, 0.717) is 36.9 Å². The van der Waals surface area contributed by atoms with Crippen molar-refractivity contribution in [2.75, 3.05) is 19.6 Å². The Bertz CT molecular complexity index is 718. The number of piperidine rings is 1. The number of likely N-dealkylation sites (tertiary alicyclic amines) is 1. The Morgan fingerprint density at radius 2 is 2.00 bits per heavy atom. The summed E-state index contributed by atoms with van der Waals surface area (Å²) in [4.78, 5) is 29.9. The van der Waals surface area contributed by atoms with Crippen LogP contribution in [0.4, 0.5) is 0 Å². The van der Waals surface area contributed by atoms with Gasteiger partial charge in [-0.05, 0) is 49.1 Å². The fraction of sp³-hybridized carbons (Fsp3) is 0.316. The van der Waals surface area contributed by atoms with E-state index in [0.717, 1.165) is 12.8 Å². The normalized spacial score (nSPS) is 15.4. The highest BCUT2D eigenvalue weighted by molar-refractivity contribution is 5.94. The first-order valence-electron chi connectivity index (χ1n) is 8.41. The fourth-order valence-electron chi connectivity index (χ4n) is 2.84. The van der Waals surface area contributed by atoms with Crippen LogP contribution in [0.25, 0.3) is 6.08 Å². The predicted octanol–water partition coefficient (Wildman–Crippen LogP) is 2.36. The lowest BCUT2D eigenvalue weighted by molar-refractivity contribution is -0.127. The predicted molar refractivity (Wildman–Crippen MR) is 93.6 cm³/mol. The Kier molecular flexibility index (Phi) is 5.61. The Morgan fingerprint density at radius 1 is 1.24 bits per heavy atom. The lowest BCUT2D eigenvalue weighted by Crippen LogP contribution is -2.40. The highest BCUT2D eigenvalue weighted by Crippen LogP contribution is 2.17. The topological polar surface area (TPSA) is 75.4 Å². The zero-order valence-electron chi connectivity index (χ0n) is 13.9. The molecular weight excluding hydrogens is 318 g/mol. The van der Waals surface area contributed by atoms with Gasteiger partial charge >= 0.3 is 0 Å². The number of nitrogens with zero attached hydrogens (tertiary/aromatic N) is 2. The van der Waals surface area contributed by atoms with E-state index in [4.69, 9.17) is 4.42 Å². The van der Waals surface area contributed by atoms with Gasteiger partial charge in [0.2, 0.25) is 5.91 Å². The summed E-state index contributed by atoms with van der Waals surface area (Å²) in [6.45, 7) is 2.04. The average Bonchev–Trinajstić information content (AvgIpc) is 3.19. The van der Waals surface area contributed by atoms with Crippen molar-refractivity contribution in [1.29, 1.82) is 0 Å². The highest BCUT2D eigenvalue weighted by atomic mass is 16.3. The molecule has 0 spiro atoms. The molecule has 6 nitrogen and oxygen atoms in total. The average molecular weight is 339 g/mol. The molecule has 2 aromatic heterocycles. The minimum absolute atomic E-state index is 0.00401. The third-order valence-corrected chi connectivity index (χ3v) is 4.35. The van der Waals surface area contributed by atoms with E-state index in [-0.39, 0.29) is 11.8 Å². The van der Waals surface area contributed by atoms with Crippen LogP contribution in [-0.2, 0) is 4.79 Å². The summed E-state index contributed by atoms with van der Waals surface area (Å²) in [7, 11) is 0. The number of aromatic nitrogens is 1. The van der Waals surface area contributed by atoms with Crippen LogP contribution in [0.1, 0.15) is 29.0 Å².